The van der Waals surface area contributed by atoms with Crippen LogP contribution in [0.25, 0.3) is 10.9 Å². The molecule has 3 heterocycles. The molecular formula is C31H41ClFN5O5. The molecule has 0 radical (unpaired) electrons. The third-order valence-electron chi connectivity index (χ3n) is 9.05. The zero-order valence-electron chi connectivity index (χ0n) is 25.5. The van der Waals surface area contributed by atoms with Crippen molar-refractivity contribution in [3.05, 3.63) is 35.8 Å². The molecule has 2 aromatic rings. The van der Waals surface area contributed by atoms with E-state index >= 15 is 0 Å². The van der Waals surface area contributed by atoms with Crippen LogP contribution in [-0.4, -0.2) is 76.4 Å². The van der Waals surface area contributed by atoms with E-state index < -0.39 is 64.2 Å². The molecule has 43 heavy (non-hydrogen) atoms. The van der Waals surface area contributed by atoms with Crippen molar-refractivity contribution >= 4 is 51.9 Å². The number of carbonyl (C=O) groups is 5. The summed E-state index contributed by atoms with van der Waals surface area (Å²) < 4.78 is 14.3. The van der Waals surface area contributed by atoms with Crippen LogP contribution in [0.4, 0.5) is 4.39 Å². The molecule has 4 rings (SSSR count). The first-order valence-electron chi connectivity index (χ1n) is 14.6. The minimum absolute atomic E-state index is 0.0945. The number of carbonyl (C=O) groups excluding carboxylic acids is 5. The lowest BCUT2D eigenvalue weighted by molar-refractivity contribution is -0.144. The number of aromatic nitrogens is 1. The highest BCUT2D eigenvalue weighted by Crippen LogP contribution is 2.42. The van der Waals surface area contributed by atoms with E-state index in [9.17, 15) is 28.4 Å². The Labute approximate surface area is 255 Å². The van der Waals surface area contributed by atoms with Gasteiger partial charge in [0.25, 0.3) is 5.91 Å². The molecule has 2 saturated heterocycles. The van der Waals surface area contributed by atoms with Crippen LogP contribution in [0.3, 0.4) is 0 Å². The average Bonchev–Trinajstić information content (AvgIpc) is 3.61. The minimum Gasteiger partial charge on any atom is -0.356 e. The van der Waals surface area contributed by atoms with Crippen molar-refractivity contribution in [2.24, 2.45) is 22.7 Å². The highest BCUT2D eigenvalue weighted by molar-refractivity contribution is 6.28. The highest BCUT2D eigenvalue weighted by atomic mass is 35.5. The molecule has 1 aromatic carbocycles. The predicted octanol–water partition coefficient (Wildman–Crippen LogP) is 3.14. The van der Waals surface area contributed by atoms with E-state index in [0.717, 1.165) is 0 Å². The molecule has 0 spiro atoms. The fourth-order valence-electron chi connectivity index (χ4n) is 6.04. The van der Waals surface area contributed by atoms with Gasteiger partial charge in [-0.2, -0.15) is 0 Å². The number of halogens is 2. The summed E-state index contributed by atoms with van der Waals surface area (Å²) in [5, 5.41) is 8.63. The minimum atomic E-state index is -1.03. The third-order valence-corrected chi connectivity index (χ3v) is 9.32. The predicted molar refractivity (Wildman–Crippen MR) is 161 cm³/mol. The van der Waals surface area contributed by atoms with Gasteiger partial charge in [-0.1, -0.05) is 47.6 Å². The molecular weight excluding hydrogens is 577 g/mol. The summed E-state index contributed by atoms with van der Waals surface area (Å²) in [6.07, 6.45) is 0.666. The Hall–Kier alpha value is -3.47. The summed E-state index contributed by atoms with van der Waals surface area (Å²) in [7, 11) is 0. The van der Waals surface area contributed by atoms with Crippen LogP contribution in [0.1, 0.15) is 64.9 Å². The van der Waals surface area contributed by atoms with Gasteiger partial charge >= 0.3 is 0 Å². The number of nitrogens with one attached hydrogen (secondary N) is 4. The van der Waals surface area contributed by atoms with Crippen molar-refractivity contribution in [3.63, 3.8) is 0 Å². The molecule has 5 atom stereocenters. The Morgan fingerprint density at radius 3 is 2.47 bits per heavy atom. The smallest absolute Gasteiger partial charge is 0.268 e. The van der Waals surface area contributed by atoms with Gasteiger partial charge in [-0.15, -0.1) is 11.6 Å². The summed E-state index contributed by atoms with van der Waals surface area (Å²) in [5.41, 5.74) is -0.884. The second kappa shape index (κ2) is 12.3. The van der Waals surface area contributed by atoms with E-state index in [1.54, 1.807) is 6.07 Å². The van der Waals surface area contributed by atoms with Crippen LogP contribution >= 0.6 is 11.6 Å². The molecule has 10 nitrogen and oxygen atoms in total. The summed E-state index contributed by atoms with van der Waals surface area (Å²) in [6.45, 7) is 11.9. The second-order valence-corrected chi connectivity index (χ2v) is 13.7. The molecule has 0 saturated carbocycles. The van der Waals surface area contributed by atoms with Gasteiger partial charge in [0.1, 0.15) is 23.6 Å². The highest BCUT2D eigenvalue weighted by Gasteiger charge is 2.54. The number of ketones is 1. The average molecular weight is 618 g/mol. The maximum absolute atomic E-state index is 14.3. The van der Waals surface area contributed by atoms with Crippen molar-refractivity contribution in [3.8, 4) is 0 Å². The first-order chi connectivity index (χ1) is 20.1. The van der Waals surface area contributed by atoms with Gasteiger partial charge in [-0.3, -0.25) is 24.0 Å². The number of hydrogen-bond acceptors (Lipinski definition) is 5. The molecule has 2 fully saturated rings. The third kappa shape index (κ3) is 6.56. The zero-order valence-corrected chi connectivity index (χ0v) is 26.2. The summed E-state index contributed by atoms with van der Waals surface area (Å²) in [5.74, 6) is -3.46. The fraction of sp³-hybridized carbons (Fsp3) is 0.581. The Morgan fingerprint density at radius 2 is 1.88 bits per heavy atom. The number of aromatic amines is 1. The summed E-state index contributed by atoms with van der Waals surface area (Å²) in [4.78, 5) is 70.9. The number of hydrogen-bond donors (Lipinski definition) is 4. The fourth-order valence-corrected chi connectivity index (χ4v) is 6.22. The lowest BCUT2D eigenvalue weighted by atomic mass is 9.77. The molecule has 0 unspecified atom stereocenters. The number of Topliss-reactive ketones (excluding diaryl/α,β-unsaturated/α-hetero) is 1. The van der Waals surface area contributed by atoms with E-state index in [1.165, 1.54) is 23.1 Å². The lowest BCUT2D eigenvalue weighted by Gasteiger charge is -2.38. The van der Waals surface area contributed by atoms with Gasteiger partial charge in [0, 0.05) is 29.9 Å². The van der Waals surface area contributed by atoms with Crippen LogP contribution in [-0.2, 0) is 19.2 Å². The summed E-state index contributed by atoms with van der Waals surface area (Å²) >= 11 is 5.87. The number of fused-ring (bicyclic) bond motifs is 1. The van der Waals surface area contributed by atoms with Crippen molar-refractivity contribution < 1.29 is 28.4 Å². The van der Waals surface area contributed by atoms with Crippen LogP contribution in [0.5, 0.6) is 0 Å². The Bertz CT molecular complexity index is 1430. The number of H-pyrrole nitrogens is 1. The Morgan fingerprint density at radius 1 is 1.19 bits per heavy atom. The summed E-state index contributed by atoms with van der Waals surface area (Å²) in [6, 6.07) is 2.92. The van der Waals surface area contributed by atoms with Gasteiger partial charge in [0.15, 0.2) is 5.78 Å². The van der Waals surface area contributed by atoms with Gasteiger partial charge < -0.3 is 25.8 Å². The van der Waals surface area contributed by atoms with E-state index in [-0.39, 0.29) is 41.8 Å². The number of alkyl halides is 1. The van der Waals surface area contributed by atoms with Gasteiger partial charge in [-0.25, -0.2) is 4.39 Å². The second-order valence-electron chi connectivity index (χ2n) is 13.4. The number of benzene rings is 1. The standard InChI is InChI=1S/C31H41ClFN5O5/c1-16-15-38(25(31(16,5)6)28(42)36-21(23(39)14-32)12-17-10-11-34-26(17)40)29(43)24(30(2,3)4)37-27(41)22-13-18-19(33)8-7-9-20(18)35-22/h7-9,13,16-17,21,24-25,35H,10-12,14-15H2,1-6H3,(H,34,40)(H,36,42)(H,37,41)/t16-,17+,21+,24-,25-/m1/s1. The molecule has 0 bridgehead atoms. The van der Waals surface area contributed by atoms with E-state index in [4.69, 9.17) is 11.6 Å². The van der Waals surface area contributed by atoms with E-state index in [2.05, 4.69) is 20.9 Å². The molecule has 0 aliphatic carbocycles. The zero-order chi connectivity index (χ0) is 31.9. The normalized spacial score (nSPS) is 23.1. The van der Waals surface area contributed by atoms with Crippen LogP contribution in [0.15, 0.2) is 24.3 Å². The molecule has 4 amide bonds. The van der Waals surface area contributed by atoms with Crippen molar-refractivity contribution in [2.45, 2.75) is 72.5 Å². The maximum Gasteiger partial charge on any atom is 0.268 e. The number of nitrogens with zero attached hydrogens (tertiary/aromatic N) is 1. The Balaban J connectivity index is 1.60. The van der Waals surface area contributed by atoms with E-state index in [1.807, 2.05) is 41.5 Å². The quantitative estimate of drug-likeness (QED) is 0.320. The van der Waals surface area contributed by atoms with Crippen LogP contribution < -0.4 is 16.0 Å². The van der Waals surface area contributed by atoms with Crippen LogP contribution in [0.2, 0.25) is 0 Å². The molecule has 234 valence electrons. The molecule has 2 aliphatic heterocycles. The topological polar surface area (TPSA) is 140 Å². The van der Waals surface area contributed by atoms with Gasteiger partial charge in [0.05, 0.1) is 11.9 Å². The largest absolute Gasteiger partial charge is 0.356 e. The van der Waals surface area contributed by atoms with Gasteiger partial charge in [-0.05, 0) is 47.8 Å². The molecule has 1 aromatic heterocycles. The molecule has 12 heteroatoms. The van der Waals surface area contributed by atoms with Crippen LogP contribution in [0, 0.1) is 28.5 Å². The monoisotopic (exact) mass is 617 g/mol. The lowest BCUT2D eigenvalue weighted by Crippen LogP contribution is -2.60. The first-order valence-corrected chi connectivity index (χ1v) is 15.1. The SMILES string of the molecule is C[C@@H]1CN(C(=O)[C@@H](NC(=O)c2cc3c(F)cccc3[nH]2)C(C)(C)C)[C@H](C(=O)N[C@@H](C[C@@H]2CCNC2=O)C(=O)CCl)C1(C)C. The number of amides is 4. The van der Waals surface area contributed by atoms with Gasteiger partial charge in [0.2, 0.25) is 17.7 Å². The maximum atomic E-state index is 14.3. The number of likely N-dealkylation sites (tertiary alicyclic amines) is 1. The Kier molecular flexibility index (Phi) is 9.25. The van der Waals surface area contributed by atoms with E-state index in [0.29, 0.717) is 18.5 Å². The first kappa shape index (κ1) is 32.4. The van der Waals surface area contributed by atoms with Crippen molar-refractivity contribution in [1.82, 2.24) is 25.8 Å². The molecule has 4 N–H and O–H groups in total. The number of rotatable bonds is 9. The molecule has 2 aliphatic rings. The van der Waals surface area contributed by atoms with Crippen molar-refractivity contribution in [1.29, 1.82) is 0 Å². The van der Waals surface area contributed by atoms with Crippen molar-refractivity contribution in [2.75, 3.05) is 19.0 Å².